The zero-order chi connectivity index (χ0) is 15.5. The van der Waals surface area contributed by atoms with Gasteiger partial charge in [0, 0.05) is 10.9 Å². The number of hydrogen-bond donors (Lipinski definition) is 2. The van der Waals surface area contributed by atoms with Crippen LogP contribution in [0.25, 0.3) is 0 Å². The molecule has 0 unspecified atom stereocenters. The molecule has 7 heteroatoms. The number of nitrogens with one attached hydrogen (secondary N) is 1. The number of ether oxygens (including phenoxy) is 1. The fourth-order valence-corrected chi connectivity index (χ4v) is 3.65. The Hall–Kier alpha value is -1.63. The van der Waals surface area contributed by atoms with Crippen LogP contribution in [0.3, 0.4) is 0 Å². The molecule has 1 aromatic heterocycles. The van der Waals surface area contributed by atoms with Gasteiger partial charge in [-0.2, -0.15) is 0 Å². The number of aryl methyl sites for hydroxylation is 1. The molecule has 0 bridgehead atoms. The Morgan fingerprint density at radius 3 is 3.04 bits per heavy atom. The van der Waals surface area contributed by atoms with E-state index in [1.807, 2.05) is 19.1 Å². The molecule has 23 heavy (non-hydrogen) atoms. The van der Waals surface area contributed by atoms with Gasteiger partial charge in [-0.3, -0.25) is 10.1 Å². The first-order chi connectivity index (χ1) is 10.7. The molecule has 1 amide bonds. The summed E-state index contributed by atoms with van der Waals surface area (Å²) in [4.78, 5) is 18.1. The van der Waals surface area contributed by atoms with Gasteiger partial charge < -0.3 is 10.5 Å². The third-order valence-electron chi connectivity index (χ3n) is 3.63. The van der Waals surface area contributed by atoms with Crippen LogP contribution in [0, 0.1) is 0 Å². The number of nitrogens with two attached hydrogens (primary N) is 1. The molecule has 3 N–H and O–H groups in total. The van der Waals surface area contributed by atoms with E-state index in [4.69, 9.17) is 10.5 Å². The Labute approximate surface area is 145 Å². The topological polar surface area (TPSA) is 77.2 Å². The summed E-state index contributed by atoms with van der Waals surface area (Å²) < 4.78 is 5.50. The third kappa shape index (κ3) is 4.02. The molecule has 0 spiro atoms. The summed E-state index contributed by atoms with van der Waals surface area (Å²) in [5.41, 5.74) is 7.57. The maximum atomic E-state index is 12.4. The monoisotopic (exact) mass is 353 g/mol. The van der Waals surface area contributed by atoms with Crippen molar-refractivity contribution in [3.05, 3.63) is 40.4 Å². The van der Waals surface area contributed by atoms with Crippen LogP contribution in [0.5, 0.6) is 5.75 Å². The van der Waals surface area contributed by atoms with Gasteiger partial charge in [-0.15, -0.1) is 23.7 Å². The molecule has 0 saturated carbocycles. The van der Waals surface area contributed by atoms with Crippen molar-refractivity contribution in [2.75, 3.05) is 11.9 Å². The first-order valence-electron chi connectivity index (χ1n) is 7.44. The van der Waals surface area contributed by atoms with E-state index in [0.717, 1.165) is 25.0 Å². The first-order valence-corrected chi connectivity index (χ1v) is 8.26. The third-order valence-corrected chi connectivity index (χ3v) is 4.67. The summed E-state index contributed by atoms with van der Waals surface area (Å²) >= 11 is 1.52. The maximum absolute atomic E-state index is 12.4. The second-order valence-electron chi connectivity index (χ2n) is 5.28. The minimum atomic E-state index is -0.195. The van der Waals surface area contributed by atoms with E-state index >= 15 is 0 Å². The molecule has 0 fully saturated rings. The predicted molar refractivity (Wildman–Crippen MR) is 94.9 cm³/mol. The average Bonchev–Trinajstić information content (AvgIpc) is 2.89. The van der Waals surface area contributed by atoms with Gasteiger partial charge >= 0.3 is 0 Å². The quantitative estimate of drug-likeness (QED) is 0.885. The van der Waals surface area contributed by atoms with Crippen LogP contribution in [0.4, 0.5) is 5.13 Å². The second kappa shape index (κ2) is 7.77. The van der Waals surface area contributed by atoms with Crippen molar-refractivity contribution in [1.82, 2.24) is 4.98 Å². The summed E-state index contributed by atoms with van der Waals surface area (Å²) in [6.07, 6.45) is 2.69. The van der Waals surface area contributed by atoms with Gasteiger partial charge in [0.15, 0.2) is 5.13 Å². The SMILES string of the molecule is CCOc1ccccc1C(=O)Nc1nc2c(s1)C[C@@H](N)CC2.Cl. The van der Waals surface area contributed by atoms with Crippen LogP contribution in [0.2, 0.25) is 0 Å². The number of rotatable bonds is 4. The Morgan fingerprint density at radius 1 is 1.48 bits per heavy atom. The molecule has 1 heterocycles. The zero-order valence-corrected chi connectivity index (χ0v) is 14.5. The van der Waals surface area contributed by atoms with E-state index in [9.17, 15) is 4.79 Å². The van der Waals surface area contributed by atoms with E-state index in [1.165, 1.54) is 16.2 Å². The summed E-state index contributed by atoms with van der Waals surface area (Å²) in [6.45, 7) is 2.42. The first kappa shape index (κ1) is 17.7. The highest BCUT2D eigenvalue weighted by Gasteiger charge is 2.21. The van der Waals surface area contributed by atoms with Gasteiger partial charge in [-0.05, 0) is 38.3 Å². The normalized spacial score (nSPS) is 16.2. The van der Waals surface area contributed by atoms with Crippen molar-refractivity contribution in [3.8, 4) is 5.75 Å². The molecular weight excluding hydrogens is 334 g/mol. The molecule has 0 radical (unpaired) electrons. The highest BCUT2D eigenvalue weighted by atomic mass is 35.5. The molecule has 1 aromatic carbocycles. The van der Waals surface area contributed by atoms with E-state index in [0.29, 0.717) is 23.1 Å². The summed E-state index contributed by atoms with van der Waals surface area (Å²) in [5, 5.41) is 3.51. The predicted octanol–water partition coefficient (Wildman–Crippen LogP) is 3.03. The Balaban J connectivity index is 0.00000192. The number of hydrogen-bond acceptors (Lipinski definition) is 5. The van der Waals surface area contributed by atoms with Crippen LogP contribution >= 0.6 is 23.7 Å². The van der Waals surface area contributed by atoms with Gasteiger partial charge in [-0.1, -0.05) is 12.1 Å². The van der Waals surface area contributed by atoms with E-state index < -0.39 is 0 Å². The lowest BCUT2D eigenvalue weighted by molar-refractivity contribution is 0.102. The smallest absolute Gasteiger partial charge is 0.261 e. The molecule has 2 aromatic rings. The zero-order valence-electron chi connectivity index (χ0n) is 12.9. The average molecular weight is 354 g/mol. The molecule has 3 rings (SSSR count). The van der Waals surface area contributed by atoms with Crippen molar-refractivity contribution in [3.63, 3.8) is 0 Å². The number of thiazole rings is 1. The Bertz CT molecular complexity index is 690. The van der Waals surface area contributed by atoms with Gasteiger partial charge in [0.1, 0.15) is 5.75 Å². The van der Waals surface area contributed by atoms with Crippen LogP contribution in [-0.4, -0.2) is 23.5 Å². The number of para-hydroxylation sites is 1. The number of anilines is 1. The summed E-state index contributed by atoms with van der Waals surface area (Å²) in [5.74, 6) is 0.394. The molecule has 124 valence electrons. The minimum Gasteiger partial charge on any atom is -0.493 e. The fourth-order valence-electron chi connectivity index (χ4n) is 2.55. The minimum absolute atomic E-state index is 0. The van der Waals surface area contributed by atoms with Crippen molar-refractivity contribution in [2.24, 2.45) is 5.73 Å². The van der Waals surface area contributed by atoms with Crippen molar-refractivity contribution < 1.29 is 9.53 Å². The molecule has 1 aliphatic rings. The number of carbonyl (C=O) groups excluding carboxylic acids is 1. The van der Waals surface area contributed by atoms with Crippen LogP contribution in [0.15, 0.2) is 24.3 Å². The lowest BCUT2D eigenvalue weighted by Crippen LogP contribution is -2.27. The van der Waals surface area contributed by atoms with Gasteiger partial charge in [0.2, 0.25) is 0 Å². The molecule has 0 saturated heterocycles. The van der Waals surface area contributed by atoms with Crippen LogP contribution in [-0.2, 0) is 12.8 Å². The largest absolute Gasteiger partial charge is 0.493 e. The molecule has 1 aliphatic carbocycles. The highest BCUT2D eigenvalue weighted by Crippen LogP contribution is 2.30. The van der Waals surface area contributed by atoms with Gasteiger partial charge in [-0.25, -0.2) is 4.98 Å². The van der Waals surface area contributed by atoms with Gasteiger partial charge in [0.05, 0.1) is 17.9 Å². The Morgan fingerprint density at radius 2 is 2.26 bits per heavy atom. The lowest BCUT2D eigenvalue weighted by Gasteiger charge is -2.15. The Kier molecular flexibility index (Phi) is 5.98. The molecule has 5 nitrogen and oxygen atoms in total. The fraction of sp³-hybridized carbons (Fsp3) is 0.375. The number of halogens is 1. The standard InChI is InChI=1S/C16H19N3O2S.ClH/c1-2-21-13-6-4-3-5-11(13)15(20)19-16-18-12-8-7-10(17)9-14(12)22-16;/h3-6,10H,2,7-9,17H2,1H3,(H,18,19,20);1H/t10-;/m0./s1. The number of benzene rings is 1. The number of aromatic nitrogens is 1. The number of carbonyl (C=O) groups is 1. The van der Waals surface area contributed by atoms with Gasteiger partial charge in [0.25, 0.3) is 5.91 Å². The summed E-state index contributed by atoms with van der Waals surface area (Å²) in [6, 6.07) is 7.43. The number of fused-ring (bicyclic) bond motifs is 1. The van der Waals surface area contributed by atoms with Crippen LogP contribution in [0.1, 0.15) is 34.3 Å². The second-order valence-corrected chi connectivity index (χ2v) is 6.36. The molecule has 0 aliphatic heterocycles. The van der Waals surface area contributed by atoms with Crippen LogP contribution < -0.4 is 15.8 Å². The molecular formula is C16H20ClN3O2S. The number of amides is 1. The number of nitrogens with zero attached hydrogens (tertiary/aromatic N) is 1. The van der Waals surface area contributed by atoms with Crippen molar-refractivity contribution in [2.45, 2.75) is 32.2 Å². The van der Waals surface area contributed by atoms with Crippen molar-refractivity contribution >= 4 is 34.8 Å². The van der Waals surface area contributed by atoms with E-state index in [1.54, 1.807) is 12.1 Å². The summed E-state index contributed by atoms with van der Waals surface area (Å²) in [7, 11) is 0. The molecule has 1 atom stereocenters. The maximum Gasteiger partial charge on any atom is 0.261 e. The van der Waals surface area contributed by atoms with Crippen molar-refractivity contribution in [1.29, 1.82) is 0 Å². The van der Waals surface area contributed by atoms with E-state index in [-0.39, 0.29) is 24.4 Å². The lowest BCUT2D eigenvalue weighted by atomic mass is 9.99. The highest BCUT2D eigenvalue weighted by molar-refractivity contribution is 7.15. The van der Waals surface area contributed by atoms with E-state index in [2.05, 4.69) is 10.3 Å².